The minimum atomic E-state index is -0.595. The van der Waals surface area contributed by atoms with Crippen LogP contribution in [0.1, 0.15) is 35.8 Å². The van der Waals surface area contributed by atoms with Gasteiger partial charge in [0, 0.05) is 18.4 Å². The zero-order valence-electron chi connectivity index (χ0n) is 16.8. The summed E-state index contributed by atoms with van der Waals surface area (Å²) in [6, 6.07) is 17.4. The lowest BCUT2D eigenvalue weighted by Crippen LogP contribution is -2.29. The van der Waals surface area contributed by atoms with Crippen molar-refractivity contribution in [3.63, 3.8) is 0 Å². The number of Topliss-reactive ketones (excluding diaryl/α,β-unsaturated/α-hetero) is 1. The maximum Gasteiger partial charge on any atom is 0.205 e. The van der Waals surface area contributed by atoms with Gasteiger partial charge in [0.05, 0.1) is 20.1 Å². The third kappa shape index (κ3) is 3.29. The molecular formula is C24H22N2O4. The molecule has 2 atom stereocenters. The van der Waals surface area contributed by atoms with Crippen LogP contribution in [0, 0.1) is 11.3 Å². The van der Waals surface area contributed by atoms with Gasteiger partial charge in [-0.25, -0.2) is 0 Å². The first-order chi connectivity index (χ1) is 14.6. The second kappa shape index (κ2) is 7.96. The predicted octanol–water partition coefficient (Wildman–Crippen LogP) is 3.91. The largest absolute Gasteiger partial charge is 0.493 e. The van der Waals surface area contributed by atoms with E-state index in [1.165, 1.54) is 0 Å². The summed E-state index contributed by atoms with van der Waals surface area (Å²) in [6.45, 7) is 0. The summed E-state index contributed by atoms with van der Waals surface area (Å²) in [5.74, 6) is 1.05. The van der Waals surface area contributed by atoms with E-state index >= 15 is 0 Å². The molecule has 30 heavy (non-hydrogen) atoms. The minimum Gasteiger partial charge on any atom is -0.493 e. The van der Waals surface area contributed by atoms with Gasteiger partial charge in [-0.3, -0.25) is 4.79 Å². The van der Waals surface area contributed by atoms with Crippen LogP contribution in [0.3, 0.4) is 0 Å². The van der Waals surface area contributed by atoms with E-state index in [2.05, 4.69) is 6.07 Å². The Morgan fingerprint density at radius 1 is 1.03 bits per heavy atom. The summed E-state index contributed by atoms with van der Waals surface area (Å²) in [5.41, 5.74) is 8.66. The Kier molecular flexibility index (Phi) is 5.20. The number of methoxy groups -OCH3 is 2. The van der Waals surface area contributed by atoms with Crippen LogP contribution in [-0.2, 0) is 9.53 Å². The zero-order chi connectivity index (χ0) is 21.3. The molecule has 0 bridgehead atoms. The van der Waals surface area contributed by atoms with Crippen molar-refractivity contribution in [2.45, 2.75) is 24.7 Å². The number of nitrogens with two attached hydrogens (primary N) is 1. The molecule has 0 fully saturated rings. The lowest BCUT2D eigenvalue weighted by molar-refractivity contribution is -0.117. The van der Waals surface area contributed by atoms with Gasteiger partial charge in [-0.1, -0.05) is 36.4 Å². The summed E-state index contributed by atoms with van der Waals surface area (Å²) in [7, 11) is 3.10. The Hall–Kier alpha value is -3.72. The summed E-state index contributed by atoms with van der Waals surface area (Å²) in [4.78, 5) is 13.3. The molecular weight excluding hydrogens is 380 g/mol. The van der Waals surface area contributed by atoms with E-state index in [4.69, 9.17) is 19.9 Å². The molecule has 152 valence electrons. The zero-order valence-corrected chi connectivity index (χ0v) is 16.8. The van der Waals surface area contributed by atoms with E-state index in [9.17, 15) is 10.1 Å². The van der Waals surface area contributed by atoms with E-state index in [1.54, 1.807) is 26.4 Å². The Morgan fingerprint density at radius 3 is 2.43 bits per heavy atom. The van der Waals surface area contributed by atoms with Crippen LogP contribution in [-0.4, -0.2) is 20.0 Å². The number of carbonyl (C=O) groups is 1. The Bertz CT molecular complexity index is 1100. The highest BCUT2D eigenvalue weighted by atomic mass is 16.5. The standard InChI is InChI=1S/C24H22N2O4/c1-28-19-9-8-15(11-20(19)29-2)22-17(13-25)24(26)30-21-12-16(10-18(27)23(21)22)14-6-4-3-5-7-14/h3-9,11,16,22H,10,12,26H2,1-2H3/t16-,22+/m0/s1. The fraction of sp³-hybridized carbons (Fsp3) is 0.250. The van der Waals surface area contributed by atoms with Crippen molar-refractivity contribution in [2.24, 2.45) is 5.73 Å². The highest BCUT2D eigenvalue weighted by molar-refractivity contribution is 6.00. The number of hydrogen-bond donors (Lipinski definition) is 1. The van der Waals surface area contributed by atoms with E-state index in [0.29, 0.717) is 35.7 Å². The Labute approximate surface area is 175 Å². The lowest BCUT2D eigenvalue weighted by Gasteiger charge is -2.34. The molecule has 0 saturated heterocycles. The highest BCUT2D eigenvalue weighted by Crippen LogP contribution is 2.47. The van der Waals surface area contributed by atoms with Crippen LogP contribution in [0.5, 0.6) is 11.5 Å². The number of nitriles is 1. The number of ether oxygens (including phenoxy) is 3. The number of hydrogen-bond acceptors (Lipinski definition) is 6. The molecule has 0 spiro atoms. The number of nitrogens with zero attached hydrogens (tertiary/aromatic N) is 1. The molecule has 0 saturated carbocycles. The average Bonchev–Trinajstić information content (AvgIpc) is 2.78. The van der Waals surface area contributed by atoms with Gasteiger partial charge in [-0.05, 0) is 29.2 Å². The van der Waals surface area contributed by atoms with Gasteiger partial charge in [-0.2, -0.15) is 5.26 Å². The molecule has 2 N–H and O–H groups in total. The van der Waals surface area contributed by atoms with Gasteiger partial charge >= 0.3 is 0 Å². The van der Waals surface area contributed by atoms with E-state index in [0.717, 1.165) is 11.1 Å². The van der Waals surface area contributed by atoms with Crippen LogP contribution in [0.25, 0.3) is 0 Å². The number of carbonyl (C=O) groups excluding carboxylic acids is 1. The maximum absolute atomic E-state index is 13.3. The second-order valence-electron chi connectivity index (χ2n) is 7.32. The minimum absolute atomic E-state index is 0.0138. The number of benzene rings is 2. The van der Waals surface area contributed by atoms with E-state index < -0.39 is 5.92 Å². The number of rotatable bonds is 4. The maximum atomic E-state index is 13.3. The average molecular weight is 402 g/mol. The van der Waals surface area contributed by atoms with Crippen LogP contribution >= 0.6 is 0 Å². The predicted molar refractivity (Wildman–Crippen MR) is 111 cm³/mol. The molecule has 0 radical (unpaired) electrons. The van der Waals surface area contributed by atoms with Gasteiger partial charge in [0.25, 0.3) is 0 Å². The molecule has 0 aromatic heterocycles. The van der Waals surface area contributed by atoms with Gasteiger partial charge in [0.15, 0.2) is 17.3 Å². The van der Waals surface area contributed by atoms with Crippen LogP contribution in [0.4, 0.5) is 0 Å². The van der Waals surface area contributed by atoms with Crippen molar-refractivity contribution in [2.75, 3.05) is 14.2 Å². The third-order valence-electron chi connectivity index (χ3n) is 5.67. The highest BCUT2D eigenvalue weighted by Gasteiger charge is 2.41. The third-order valence-corrected chi connectivity index (χ3v) is 5.67. The van der Waals surface area contributed by atoms with Crippen molar-refractivity contribution in [1.29, 1.82) is 5.26 Å². The molecule has 6 heteroatoms. The van der Waals surface area contributed by atoms with Crippen molar-refractivity contribution >= 4 is 5.78 Å². The molecule has 4 rings (SSSR count). The fourth-order valence-corrected chi connectivity index (χ4v) is 4.23. The van der Waals surface area contributed by atoms with E-state index in [-0.39, 0.29) is 23.2 Å². The molecule has 2 aliphatic rings. The van der Waals surface area contributed by atoms with E-state index in [1.807, 2.05) is 36.4 Å². The van der Waals surface area contributed by atoms with Gasteiger partial charge < -0.3 is 19.9 Å². The monoisotopic (exact) mass is 402 g/mol. The molecule has 0 unspecified atom stereocenters. The molecule has 6 nitrogen and oxygen atoms in total. The summed E-state index contributed by atoms with van der Waals surface area (Å²) < 4.78 is 16.5. The Morgan fingerprint density at radius 2 is 1.77 bits per heavy atom. The molecule has 0 amide bonds. The molecule has 2 aromatic carbocycles. The number of ketones is 1. The van der Waals surface area contributed by atoms with Gasteiger partial charge in [0.2, 0.25) is 5.88 Å². The first-order valence-electron chi connectivity index (χ1n) is 9.68. The summed E-state index contributed by atoms with van der Waals surface area (Å²) >= 11 is 0. The van der Waals surface area contributed by atoms with Crippen molar-refractivity contribution < 1.29 is 19.0 Å². The van der Waals surface area contributed by atoms with Gasteiger partial charge in [0.1, 0.15) is 17.4 Å². The van der Waals surface area contributed by atoms with Crippen LogP contribution in [0.2, 0.25) is 0 Å². The first-order valence-corrected chi connectivity index (χ1v) is 9.68. The second-order valence-corrected chi connectivity index (χ2v) is 7.32. The topological polar surface area (TPSA) is 94.6 Å². The van der Waals surface area contributed by atoms with Crippen LogP contribution in [0.15, 0.2) is 71.3 Å². The normalized spacial score (nSPS) is 20.9. The fourth-order valence-electron chi connectivity index (χ4n) is 4.23. The molecule has 1 aliphatic carbocycles. The quantitative estimate of drug-likeness (QED) is 0.833. The van der Waals surface area contributed by atoms with Crippen molar-refractivity contribution in [3.8, 4) is 17.6 Å². The van der Waals surface area contributed by atoms with Crippen molar-refractivity contribution in [3.05, 3.63) is 82.4 Å². The SMILES string of the molecule is COc1ccc([C@@H]2C(C#N)=C(N)OC3=C2C(=O)C[C@H](c2ccccc2)C3)cc1OC. The summed E-state index contributed by atoms with van der Waals surface area (Å²) in [5, 5.41) is 9.77. The first kappa shape index (κ1) is 19.6. The van der Waals surface area contributed by atoms with Gasteiger partial charge in [-0.15, -0.1) is 0 Å². The molecule has 1 aliphatic heterocycles. The smallest absolute Gasteiger partial charge is 0.205 e. The molecule has 2 aromatic rings. The van der Waals surface area contributed by atoms with Crippen LogP contribution < -0.4 is 15.2 Å². The Balaban J connectivity index is 1.80. The lowest BCUT2D eigenvalue weighted by atomic mass is 9.73. The molecule has 1 heterocycles. The summed E-state index contributed by atoms with van der Waals surface area (Å²) in [6.07, 6.45) is 0.906. The number of allylic oxidation sites excluding steroid dienone is 3. The van der Waals surface area contributed by atoms with Crippen molar-refractivity contribution in [1.82, 2.24) is 0 Å².